The molecule has 2 aromatic heterocycles. The molecule has 0 saturated heterocycles. The molecule has 0 fully saturated rings. The lowest BCUT2D eigenvalue weighted by atomic mass is 10.1. The molecule has 24 heavy (non-hydrogen) atoms. The van der Waals surface area contributed by atoms with E-state index in [0.717, 1.165) is 20.9 Å². The summed E-state index contributed by atoms with van der Waals surface area (Å²) in [6.45, 7) is 0. The Morgan fingerprint density at radius 3 is 2.79 bits per heavy atom. The van der Waals surface area contributed by atoms with E-state index < -0.39 is 0 Å². The second kappa shape index (κ2) is 5.68. The van der Waals surface area contributed by atoms with Crippen LogP contribution in [0.15, 0.2) is 59.3 Å². The maximum atomic E-state index is 12.7. The van der Waals surface area contributed by atoms with Gasteiger partial charge in [-0.15, -0.1) is 5.10 Å². The second-order valence-electron chi connectivity index (χ2n) is 5.35. The molecule has 4 aromatic rings. The van der Waals surface area contributed by atoms with E-state index in [2.05, 4.69) is 31.0 Å². The third-order valence-corrected chi connectivity index (χ3v) is 4.19. The van der Waals surface area contributed by atoms with Crippen molar-refractivity contribution in [2.45, 2.75) is 0 Å². The van der Waals surface area contributed by atoms with Crippen molar-refractivity contribution in [3.05, 3.63) is 65.2 Å². The zero-order valence-electron chi connectivity index (χ0n) is 12.7. The fourth-order valence-electron chi connectivity index (χ4n) is 2.50. The molecule has 2 heterocycles. The van der Waals surface area contributed by atoms with Crippen molar-refractivity contribution < 1.29 is 4.79 Å². The molecule has 0 aliphatic carbocycles. The lowest BCUT2D eigenvalue weighted by molar-refractivity contribution is 0.0983. The first-order chi connectivity index (χ1) is 11.6. The van der Waals surface area contributed by atoms with Crippen LogP contribution in [0.3, 0.4) is 0 Å². The minimum Gasteiger partial charge on any atom is -0.309 e. The minimum absolute atomic E-state index is 0.108. The largest absolute Gasteiger partial charge is 0.309 e. The van der Waals surface area contributed by atoms with Gasteiger partial charge in [0, 0.05) is 25.1 Å². The summed E-state index contributed by atoms with van der Waals surface area (Å²) < 4.78 is 2.24. The van der Waals surface area contributed by atoms with Crippen molar-refractivity contribution in [1.29, 1.82) is 0 Å². The van der Waals surface area contributed by atoms with Crippen molar-refractivity contribution in [2.75, 3.05) is 11.9 Å². The zero-order chi connectivity index (χ0) is 16.7. The van der Waals surface area contributed by atoms with Crippen LogP contribution in [-0.4, -0.2) is 32.5 Å². The fraction of sp³-hybridized carbons (Fsp3) is 0.0588. The summed E-state index contributed by atoms with van der Waals surface area (Å²) in [6, 6.07) is 13.9. The summed E-state index contributed by atoms with van der Waals surface area (Å²) in [4.78, 5) is 22.5. The fourth-order valence-corrected chi connectivity index (χ4v) is 2.80. The number of fused-ring (bicyclic) bond motifs is 2. The van der Waals surface area contributed by atoms with Crippen molar-refractivity contribution in [3.8, 4) is 0 Å². The highest BCUT2D eigenvalue weighted by molar-refractivity contribution is 9.10. The number of hydrogen-bond acceptors (Lipinski definition) is 4. The molecule has 118 valence electrons. The molecule has 7 heteroatoms. The molecule has 0 spiro atoms. The van der Waals surface area contributed by atoms with Gasteiger partial charge in [0.15, 0.2) is 0 Å². The van der Waals surface area contributed by atoms with E-state index in [4.69, 9.17) is 0 Å². The van der Waals surface area contributed by atoms with Gasteiger partial charge in [0.1, 0.15) is 0 Å². The monoisotopic (exact) mass is 381 g/mol. The van der Waals surface area contributed by atoms with Gasteiger partial charge >= 0.3 is 0 Å². The average molecular weight is 382 g/mol. The standard InChI is InChI=1S/C17H12BrN5O/c1-22(14-7-6-11-4-2-3-5-12(11)8-14)16(24)15-20-17-19-9-13(18)10-23(17)21-15/h2-10H,1H3. The van der Waals surface area contributed by atoms with Crippen molar-refractivity contribution in [3.63, 3.8) is 0 Å². The van der Waals surface area contributed by atoms with Gasteiger partial charge in [-0.05, 0) is 38.8 Å². The van der Waals surface area contributed by atoms with E-state index in [1.807, 2.05) is 42.5 Å². The van der Waals surface area contributed by atoms with Gasteiger partial charge < -0.3 is 4.90 Å². The normalized spacial score (nSPS) is 11.1. The van der Waals surface area contributed by atoms with Gasteiger partial charge in [0.25, 0.3) is 11.7 Å². The number of aromatic nitrogens is 4. The molecule has 0 N–H and O–H groups in total. The van der Waals surface area contributed by atoms with Gasteiger partial charge in [-0.1, -0.05) is 30.3 Å². The van der Waals surface area contributed by atoms with Crippen LogP contribution in [0.4, 0.5) is 5.69 Å². The maximum absolute atomic E-state index is 12.7. The number of halogens is 1. The molecule has 6 nitrogen and oxygen atoms in total. The first kappa shape index (κ1) is 14.8. The molecule has 0 aliphatic heterocycles. The van der Waals surface area contributed by atoms with E-state index >= 15 is 0 Å². The topological polar surface area (TPSA) is 63.4 Å². The molecule has 0 unspecified atom stereocenters. The summed E-state index contributed by atoms with van der Waals surface area (Å²) >= 11 is 3.32. The highest BCUT2D eigenvalue weighted by Gasteiger charge is 2.19. The molecule has 0 aliphatic rings. The first-order valence-corrected chi connectivity index (χ1v) is 8.06. The second-order valence-corrected chi connectivity index (χ2v) is 6.26. The molecular weight excluding hydrogens is 370 g/mol. The predicted octanol–water partition coefficient (Wildman–Crippen LogP) is 3.32. The Balaban J connectivity index is 1.70. The predicted molar refractivity (Wildman–Crippen MR) is 95.2 cm³/mol. The van der Waals surface area contributed by atoms with Gasteiger partial charge in [0.2, 0.25) is 5.82 Å². The molecule has 0 radical (unpaired) electrons. The highest BCUT2D eigenvalue weighted by atomic mass is 79.9. The number of carbonyl (C=O) groups excluding carboxylic acids is 1. The number of amides is 1. The SMILES string of the molecule is CN(C(=O)c1nc2ncc(Br)cn2n1)c1ccc2ccccc2c1. The quantitative estimate of drug-likeness (QED) is 0.534. The number of nitrogens with zero attached hydrogens (tertiary/aromatic N) is 5. The maximum Gasteiger partial charge on any atom is 0.297 e. The summed E-state index contributed by atoms with van der Waals surface area (Å²) in [5, 5.41) is 6.40. The van der Waals surface area contributed by atoms with Crippen molar-refractivity contribution in [1.82, 2.24) is 19.6 Å². The smallest absolute Gasteiger partial charge is 0.297 e. The van der Waals surface area contributed by atoms with Crippen LogP contribution in [-0.2, 0) is 0 Å². The Labute approximate surface area is 145 Å². The number of hydrogen-bond donors (Lipinski definition) is 0. The van der Waals surface area contributed by atoms with Gasteiger partial charge in [0.05, 0.1) is 4.47 Å². The molecule has 0 atom stereocenters. The van der Waals surface area contributed by atoms with Crippen LogP contribution in [0.25, 0.3) is 16.6 Å². The van der Waals surface area contributed by atoms with Gasteiger partial charge in [-0.2, -0.15) is 4.98 Å². The van der Waals surface area contributed by atoms with E-state index in [1.54, 1.807) is 19.4 Å². The number of anilines is 1. The van der Waals surface area contributed by atoms with Crippen LogP contribution in [0, 0.1) is 0 Å². The average Bonchev–Trinajstić information content (AvgIpc) is 3.03. The molecule has 0 saturated carbocycles. The van der Waals surface area contributed by atoms with Crippen LogP contribution in [0.2, 0.25) is 0 Å². The Kier molecular flexibility index (Phi) is 3.50. The summed E-state index contributed by atoms with van der Waals surface area (Å²) in [5.74, 6) is 0.205. The number of carbonyl (C=O) groups is 1. The Morgan fingerprint density at radius 2 is 1.96 bits per heavy atom. The van der Waals surface area contributed by atoms with Crippen molar-refractivity contribution in [2.24, 2.45) is 0 Å². The summed E-state index contributed by atoms with van der Waals surface area (Å²) in [6.07, 6.45) is 3.33. The van der Waals surface area contributed by atoms with E-state index in [-0.39, 0.29) is 11.7 Å². The van der Waals surface area contributed by atoms with Crippen molar-refractivity contribution >= 4 is 44.1 Å². The Hall–Kier alpha value is -2.80. The van der Waals surface area contributed by atoms with Crippen LogP contribution in [0.1, 0.15) is 10.6 Å². The molecular formula is C17H12BrN5O. The van der Waals surface area contributed by atoms with E-state index in [0.29, 0.717) is 5.78 Å². The molecule has 0 bridgehead atoms. The third-order valence-electron chi connectivity index (χ3n) is 3.78. The van der Waals surface area contributed by atoms with Gasteiger partial charge in [-0.25, -0.2) is 9.50 Å². The first-order valence-electron chi connectivity index (χ1n) is 7.26. The van der Waals surface area contributed by atoms with Gasteiger partial charge in [-0.3, -0.25) is 4.79 Å². The molecule has 2 aromatic carbocycles. The lowest BCUT2D eigenvalue weighted by Gasteiger charge is -2.16. The summed E-state index contributed by atoms with van der Waals surface area (Å²) in [7, 11) is 1.71. The zero-order valence-corrected chi connectivity index (χ0v) is 14.3. The van der Waals surface area contributed by atoms with E-state index in [9.17, 15) is 4.79 Å². The minimum atomic E-state index is -0.285. The highest BCUT2D eigenvalue weighted by Crippen LogP contribution is 2.22. The lowest BCUT2D eigenvalue weighted by Crippen LogP contribution is -2.27. The van der Waals surface area contributed by atoms with Crippen LogP contribution in [0.5, 0.6) is 0 Å². The third kappa shape index (κ3) is 2.52. The van der Waals surface area contributed by atoms with Crippen LogP contribution < -0.4 is 4.90 Å². The van der Waals surface area contributed by atoms with E-state index in [1.165, 1.54) is 9.42 Å². The molecule has 4 rings (SSSR count). The number of benzene rings is 2. The van der Waals surface area contributed by atoms with Crippen LogP contribution >= 0.6 is 15.9 Å². The number of rotatable bonds is 2. The summed E-state index contributed by atoms with van der Waals surface area (Å²) in [5.41, 5.74) is 0.784. The molecule has 1 amide bonds. The Morgan fingerprint density at radius 1 is 1.17 bits per heavy atom. The Bertz CT molecular complexity index is 1070.